The minimum Gasteiger partial charge on any atom is -0.476 e. The van der Waals surface area contributed by atoms with Crippen LogP contribution in [0.25, 0.3) is 0 Å². The van der Waals surface area contributed by atoms with Crippen molar-refractivity contribution in [2.75, 3.05) is 22.3 Å². The minimum atomic E-state index is -3.95. The highest BCUT2D eigenvalue weighted by molar-refractivity contribution is 7.92. The molecule has 0 saturated carbocycles. The lowest BCUT2D eigenvalue weighted by atomic mass is 10.2. The second-order valence-corrected chi connectivity index (χ2v) is 8.52. The van der Waals surface area contributed by atoms with Gasteiger partial charge in [0.1, 0.15) is 5.75 Å². The molecule has 0 radical (unpaired) electrons. The molecule has 0 unspecified atom stereocenters. The van der Waals surface area contributed by atoms with Crippen LogP contribution in [0, 0.1) is 0 Å². The second kappa shape index (κ2) is 6.83. The quantitative estimate of drug-likeness (QED) is 0.829. The maximum Gasteiger partial charge on any atom is 0.264 e. The topological polar surface area (TPSA) is 110 Å². The van der Waals surface area contributed by atoms with Crippen molar-refractivity contribution in [2.45, 2.75) is 23.8 Å². The zero-order valence-corrected chi connectivity index (χ0v) is 15.8. The summed E-state index contributed by atoms with van der Waals surface area (Å²) in [6.45, 7) is 0.420. The van der Waals surface area contributed by atoms with Crippen LogP contribution in [0.15, 0.2) is 53.4 Å². The van der Waals surface area contributed by atoms with Gasteiger partial charge in [-0.05, 0) is 42.8 Å². The molecule has 1 fully saturated rings. The fourth-order valence-corrected chi connectivity index (χ4v) is 4.90. The predicted molar refractivity (Wildman–Crippen MR) is 103 cm³/mol. The molecule has 0 aliphatic carbocycles. The highest BCUT2D eigenvalue weighted by Crippen LogP contribution is 2.37. The molecule has 2 aliphatic heterocycles. The number of ether oxygens (including phenoxy) is 1. The van der Waals surface area contributed by atoms with Crippen molar-refractivity contribution >= 4 is 33.2 Å². The highest BCUT2D eigenvalue weighted by Gasteiger charge is 2.36. The van der Waals surface area contributed by atoms with E-state index in [1.807, 2.05) is 0 Å². The van der Waals surface area contributed by atoms with Gasteiger partial charge in [0.2, 0.25) is 5.91 Å². The van der Waals surface area contributed by atoms with Crippen LogP contribution in [0.4, 0.5) is 11.4 Å². The van der Waals surface area contributed by atoms with Crippen molar-refractivity contribution in [3.05, 3.63) is 48.5 Å². The summed E-state index contributed by atoms with van der Waals surface area (Å²) < 4.78 is 33.2. The molecule has 2 heterocycles. The van der Waals surface area contributed by atoms with E-state index in [4.69, 9.17) is 10.5 Å². The van der Waals surface area contributed by atoms with Gasteiger partial charge in [0.15, 0.2) is 6.10 Å². The van der Waals surface area contributed by atoms with Gasteiger partial charge in [-0.25, -0.2) is 8.42 Å². The molecule has 2 aliphatic rings. The first-order chi connectivity index (χ1) is 13.4. The van der Waals surface area contributed by atoms with E-state index in [1.54, 1.807) is 41.3 Å². The van der Waals surface area contributed by atoms with Crippen LogP contribution in [0.1, 0.15) is 12.8 Å². The molecule has 2 N–H and O–H groups in total. The van der Waals surface area contributed by atoms with Crippen molar-refractivity contribution in [3.63, 3.8) is 0 Å². The third-order valence-electron chi connectivity index (χ3n) is 4.86. The Hall–Kier alpha value is -3.07. The summed E-state index contributed by atoms with van der Waals surface area (Å²) in [4.78, 5) is 25.2. The number of carbonyl (C=O) groups is 2. The summed E-state index contributed by atoms with van der Waals surface area (Å²) >= 11 is 0. The van der Waals surface area contributed by atoms with Gasteiger partial charge in [-0.1, -0.05) is 12.1 Å². The molecule has 2 aromatic carbocycles. The van der Waals surface area contributed by atoms with Crippen molar-refractivity contribution < 1.29 is 22.7 Å². The summed E-state index contributed by atoms with van der Waals surface area (Å²) in [6.07, 6.45) is 0.211. The number of anilines is 2. The van der Waals surface area contributed by atoms with Crippen molar-refractivity contribution in [2.24, 2.45) is 5.73 Å². The Morgan fingerprint density at radius 3 is 2.46 bits per heavy atom. The standard InChI is InChI=1S/C19H19N3O5S/c20-19(24)17-12-22(15-4-1-2-5-16(15)27-17)28(25,26)14-9-7-13(8-10-14)21-11-3-6-18(21)23/h1-2,4-5,7-10,17H,3,6,11-12H2,(H2,20,24)/t17-/m1/s1. The van der Waals surface area contributed by atoms with Crippen LogP contribution >= 0.6 is 0 Å². The number of fused-ring (bicyclic) bond motifs is 1. The molecule has 0 aromatic heterocycles. The van der Waals surface area contributed by atoms with E-state index in [2.05, 4.69) is 0 Å². The number of sulfonamides is 1. The van der Waals surface area contributed by atoms with Crippen LogP contribution in [0.5, 0.6) is 5.75 Å². The molecule has 0 spiro atoms. The highest BCUT2D eigenvalue weighted by atomic mass is 32.2. The molecule has 9 heteroatoms. The number of nitrogens with two attached hydrogens (primary N) is 1. The van der Waals surface area contributed by atoms with Gasteiger partial charge in [0.25, 0.3) is 15.9 Å². The van der Waals surface area contributed by atoms with Crippen LogP contribution in [0.2, 0.25) is 0 Å². The lowest BCUT2D eigenvalue weighted by molar-refractivity contribution is -0.124. The summed E-state index contributed by atoms with van der Waals surface area (Å²) in [5.74, 6) is -0.431. The maximum absolute atomic E-state index is 13.3. The van der Waals surface area contributed by atoms with Gasteiger partial charge in [0, 0.05) is 18.7 Å². The average Bonchev–Trinajstić information content (AvgIpc) is 3.13. The molecule has 28 heavy (non-hydrogen) atoms. The summed E-state index contributed by atoms with van der Waals surface area (Å²) in [5.41, 5.74) is 6.36. The maximum atomic E-state index is 13.3. The van der Waals surface area contributed by atoms with Gasteiger partial charge in [0.05, 0.1) is 17.1 Å². The molecular weight excluding hydrogens is 382 g/mol. The van der Waals surface area contributed by atoms with Gasteiger partial charge < -0.3 is 15.4 Å². The lowest BCUT2D eigenvalue weighted by Gasteiger charge is -2.34. The van der Waals surface area contributed by atoms with Crippen LogP contribution < -0.4 is 19.7 Å². The molecule has 4 rings (SSSR count). The smallest absolute Gasteiger partial charge is 0.264 e. The number of nitrogens with zero attached hydrogens (tertiary/aromatic N) is 2. The largest absolute Gasteiger partial charge is 0.476 e. The number of carbonyl (C=O) groups excluding carboxylic acids is 2. The van der Waals surface area contributed by atoms with E-state index in [1.165, 1.54) is 12.1 Å². The summed E-state index contributed by atoms with van der Waals surface area (Å²) in [7, 11) is -3.95. The molecule has 1 saturated heterocycles. The Labute approximate surface area is 162 Å². The first kappa shape index (κ1) is 18.3. The Bertz CT molecular complexity index is 1040. The zero-order chi connectivity index (χ0) is 19.9. The monoisotopic (exact) mass is 401 g/mol. The third-order valence-corrected chi connectivity index (χ3v) is 6.66. The number of hydrogen-bond donors (Lipinski definition) is 1. The average molecular weight is 401 g/mol. The van der Waals surface area contributed by atoms with Crippen molar-refractivity contribution in [1.82, 2.24) is 0 Å². The number of benzene rings is 2. The van der Waals surface area contributed by atoms with Crippen molar-refractivity contribution in [1.29, 1.82) is 0 Å². The fourth-order valence-electron chi connectivity index (χ4n) is 3.42. The third kappa shape index (κ3) is 3.07. The fraction of sp³-hybridized carbons (Fsp3) is 0.263. The Balaban J connectivity index is 1.69. The van der Waals surface area contributed by atoms with Gasteiger partial charge in [-0.15, -0.1) is 0 Å². The SMILES string of the molecule is NC(=O)[C@H]1CN(S(=O)(=O)c2ccc(N3CCCC3=O)cc2)c2ccccc2O1. The molecule has 2 aromatic rings. The van der Waals surface area contributed by atoms with E-state index in [-0.39, 0.29) is 23.1 Å². The van der Waals surface area contributed by atoms with E-state index >= 15 is 0 Å². The van der Waals surface area contributed by atoms with E-state index in [0.29, 0.717) is 24.3 Å². The number of rotatable bonds is 4. The van der Waals surface area contributed by atoms with Gasteiger partial charge in [-0.2, -0.15) is 0 Å². The van der Waals surface area contributed by atoms with Crippen LogP contribution in [-0.2, 0) is 19.6 Å². The molecule has 8 nitrogen and oxygen atoms in total. The summed E-state index contributed by atoms with van der Waals surface area (Å²) in [6, 6.07) is 12.8. The summed E-state index contributed by atoms with van der Waals surface area (Å²) in [5, 5.41) is 0. The Morgan fingerprint density at radius 2 is 1.82 bits per heavy atom. The van der Waals surface area contributed by atoms with E-state index < -0.39 is 22.0 Å². The van der Waals surface area contributed by atoms with Gasteiger partial charge >= 0.3 is 0 Å². The lowest BCUT2D eigenvalue weighted by Crippen LogP contribution is -2.49. The second-order valence-electron chi connectivity index (χ2n) is 6.66. The van der Waals surface area contributed by atoms with E-state index in [0.717, 1.165) is 10.7 Å². The molecule has 1 atom stereocenters. The predicted octanol–water partition coefficient (Wildman–Crippen LogP) is 1.26. The Morgan fingerprint density at radius 1 is 1.11 bits per heavy atom. The molecule has 2 amide bonds. The zero-order valence-electron chi connectivity index (χ0n) is 14.9. The first-order valence-electron chi connectivity index (χ1n) is 8.86. The normalized spacial score (nSPS) is 19.3. The number of primary amides is 1. The minimum absolute atomic E-state index is 0.0296. The Kier molecular flexibility index (Phi) is 4.46. The van der Waals surface area contributed by atoms with Gasteiger partial charge in [-0.3, -0.25) is 13.9 Å². The number of para-hydroxylation sites is 2. The molecule has 146 valence electrons. The molecular formula is C19H19N3O5S. The van der Waals surface area contributed by atoms with Crippen molar-refractivity contribution in [3.8, 4) is 5.75 Å². The number of amides is 2. The van der Waals surface area contributed by atoms with E-state index in [9.17, 15) is 18.0 Å². The first-order valence-corrected chi connectivity index (χ1v) is 10.3. The van der Waals surface area contributed by atoms with Crippen LogP contribution in [-0.4, -0.2) is 39.4 Å². The van der Waals surface area contributed by atoms with Crippen LogP contribution in [0.3, 0.4) is 0 Å². The number of hydrogen-bond acceptors (Lipinski definition) is 5. The molecule has 0 bridgehead atoms.